The van der Waals surface area contributed by atoms with E-state index in [0.717, 1.165) is 6.42 Å². The van der Waals surface area contributed by atoms with E-state index in [-0.39, 0.29) is 56.8 Å². The average molecular weight is 1240 g/mol. The summed E-state index contributed by atoms with van der Waals surface area (Å²) in [6.07, 6.45) is 6.74. The van der Waals surface area contributed by atoms with Crippen molar-refractivity contribution in [3.63, 3.8) is 0 Å². The molecule has 0 aromatic carbocycles. The molecule has 0 amide bonds. The van der Waals surface area contributed by atoms with E-state index in [1.165, 1.54) is 48.8 Å². The van der Waals surface area contributed by atoms with Crippen LogP contribution in [-0.4, -0.2) is 171 Å². The van der Waals surface area contributed by atoms with Crippen molar-refractivity contribution in [2.45, 2.75) is 279 Å². The third-order valence-corrected chi connectivity index (χ3v) is 18.3. The van der Waals surface area contributed by atoms with E-state index in [1.807, 2.05) is 51.2 Å². The van der Waals surface area contributed by atoms with E-state index < -0.39 is 156 Å². The van der Waals surface area contributed by atoms with Crippen LogP contribution in [0.25, 0.3) is 0 Å². The van der Waals surface area contributed by atoms with Crippen molar-refractivity contribution in [3.05, 3.63) is 36.5 Å². The lowest BCUT2D eigenvalue weighted by molar-refractivity contribution is -0.413. The Morgan fingerprint density at radius 1 is 0.674 bits per heavy atom. The van der Waals surface area contributed by atoms with Gasteiger partial charge in [0, 0.05) is 112 Å². The standard InChI is InChI=1S/C63H93ClO22/c1-36-24-27-61-29-26-50(72-9)58(85-61)59(79-43(8)69)57(78-42(7)68)37(2)22-23-49-56(64)54(73-10)34-62(82-49)28-25-38(3)63(86-62)35-53(48(84-63)20-15-13-12-14-16-21-51(60(71)74-11)77-41(6)67)81-55(70)33-45-19-17-18-44(80-45)30-46(75-39(4)65)31-47(76-40(5)66)32-52(36)83-61/h13-16,24,27,36-38,44-54,56-59H,12,17-23,25-26,28-35H2,1-11H3/b15-13+,16-14-/t36-,37-,38-,44-,45+,46+,47-,48-,49+,50-,51?,52+,53-,54+,56+,57-,58-,59-,61-,62+,63+/m0/s1. The molecule has 0 aliphatic carbocycles. The molecule has 7 rings (SSSR count). The molecule has 22 nitrogen and oxygen atoms in total. The maximum Gasteiger partial charge on any atom is 0.347 e. The molecule has 484 valence electrons. The monoisotopic (exact) mass is 1240 g/mol. The first kappa shape index (κ1) is 69.0. The minimum absolute atomic E-state index is 0.0576. The quantitative estimate of drug-likeness (QED) is 0.0683. The second-order valence-electron chi connectivity index (χ2n) is 24.5. The summed E-state index contributed by atoms with van der Waals surface area (Å²) in [4.78, 5) is 90.1. The number of carbonyl (C=O) groups is 7. The number of allylic oxidation sites excluding steroid dienone is 2. The van der Waals surface area contributed by atoms with E-state index >= 15 is 0 Å². The smallest absolute Gasteiger partial charge is 0.347 e. The third-order valence-electron chi connectivity index (χ3n) is 17.7. The Morgan fingerprint density at radius 3 is 2.02 bits per heavy atom. The van der Waals surface area contributed by atoms with Gasteiger partial charge in [0.1, 0.15) is 36.6 Å². The van der Waals surface area contributed by atoms with Gasteiger partial charge in [0.05, 0.1) is 55.5 Å². The fourth-order valence-corrected chi connectivity index (χ4v) is 13.8. The maximum absolute atomic E-state index is 14.3. The molecule has 3 spiro atoms. The summed E-state index contributed by atoms with van der Waals surface area (Å²) in [6.45, 7) is 12.3. The zero-order chi connectivity index (χ0) is 62.5. The molecule has 7 aliphatic heterocycles. The average Bonchev–Trinajstić information content (AvgIpc) is 1.44. The molecule has 23 heteroatoms. The van der Waals surface area contributed by atoms with Gasteiger partial charge in [0.25, 0.3) is 0 Å². The van der Waals surface area contributed by atoms with Crippen molar-refractivity contribution in [2.24, 2.45) is 17.8 Å². The van der Waals surface area contributed by atoms with Gasteiger partial charge in [-0.1, -0.05) is 51.2 Å². The van der Waals surface area contributed by atoms with Gasteiger partial charge in [0.2, 0.25) is 6.10 Å². The predicted molar refractivity (Wildman–Crippen MR) is 306 cm³/mol. The van der Waals surface area contributed by atoms with E-state index in [0.29, 0.717) is 64.2 Å². The summed E-state index contributed by atoms with van der Waals surface area (Å²) >= 11 is 7.31. The molecule has 0 radical (unpaired) electrons. The molecule has 0 saturated carbocycles. The molecule has 21 atom stereocenters. The highest BCUT2D eigenvalue weighted by Crippen LogP contribution is 2.53. The summed E-state index contributed by atoms with van der Waals surface area (Å²) in [5, 5.41) is -0.647. The lowest BCUT2D eigenvalue weighted by atomic mass is 9.82. The van der Waals surface area contributed by atoms with Crippen LogP contribution in [0.1, 0.15) is 171 Å². The van der Waals surface area contributed by atoms with Gasteiger partial charge in [0.15, 0.2) is 23.5 Å². The fourth-order valence-electron chi connectivity index (χ4n) is 13.5. The molecule has 7 heterocycles. The van der Waals surface area contributed by atoms with Crippen LogP contribution >= 0.6 is 11.6 Å². The number of methoxy groups -OCH3 is 3. The molecule has 0 aromatic rings. The molecular weight excluding hydrogens is 1140 g/mol. The van der Waals surface area contributed by atoms with E-state index in [4.69, 9.17) is 82.7 Å². The zero-order valence-corrected chi connectivity index (χ0v) is 52.7. The Balaban J connectivity index is 1.22. The number of carbonyl (C=O) groups excluding carboxylic acids is 7. The van der Waals surface area contributed by atoms with Crippen molar-refractivity contribution < 1.29 is 105 Å². The number of alkyl halides is 1. The number of halogens is 1. The summed E-state index contributed by atoms with van der Waals surface area (Å²) in [7, 11) is 4.36. The summed E-state index contributed by atoms with van der Waals surface area (Å²) < 4.78 is 94.7. The van der Waals surface area contributed by atoms with Gasteiger partial charge in [-0.15, -0.1) is 11.6 Å². The Labute approximate surface area is 510 Å². The lowest BCUT2D eigenvalue weighted by Gasteiger charge is -2.54. The van der Waals surface area contributed by atoms with Gasteiger partial charge in [-0.2, -0.15) is 0 Å². The molecule has 0 N–H and O–H groups in total. The van der Waals surface area contributed by atoms with Gasteiger partial charge in [-0.05, 0) is 69.8 Å². The molecule has 9 bridgehead atoms. The Hall–Kier alpha value is -4.52. The van der Waals surface area contributed by atoms with Gasteiger partial charge in [-0.3, -0.25) is 28.8 Å². The van der Waals surface area contributed by atoms with Crippen LogP contribution in [-0.2, 0) is 105 Å². The van der Waals surface area contributed by atoms with Crippen molar-refractivity contribution in [3.8, 4) is 0 Å². The largest absolute Gasteiger partial charge is 0.466 e. The predicted octanol–water partition coefficient (Wildman–Crippen LogP) is 8.46. The van der Waals surface area contributed by atoms with E-state index in [2.05, 4.69) is 0 Å². The minimum atomic E-state index is -1.38. The molecule has 7 aliphatic rings. The first-order valence-corrected chi connectivity index (χ1v) is 31.2. The highest BCUT2D eigenvalue weighted by Gasteiger charge is 2.62. The van der Waals surface area contributed by atoms with Crippen LogP contribution in [0.4, 0.5) is 0 Å². The first-order valence-electron chi connectivity index (χ1n) is 30.8. The van der Waals surface area contributed by atoms with Crippen molar-refractivity contribution in [1.82, 2.24) is 0 Å². The second-order valence-corrected chi connectivity index (χ2v) is 25.0. The van der Waals surface area contributed by atoms with Crippen LogP contribution in [0.2, 0.25) is 0 Å². The Morgan fingerprint density at radius 2 is 1.35 bits per heavy atom. The highest BCUT2D eigenvalue weighted by molar-refractivity contribution is 6.21. The van der Waals surface area contributed by atoms with Crippen molar-refractivity contribution in [1.29, 1.82) is 0 Å². The SMILES string of the molecule is COC(=O)C(C/C=C\C/C=C/C[C@@H]1O[C@@]23C[C@@H]1OC(=O)C[C@H]1CCC[C@@H](C[C@@H](OC(C)=O)C[C@H](OC(C)=O)C[C@H]4O[C@]5(C=C[C@@H]4C)CC[C@H](OC)[C@H](O5)[C@@H](OC(C)=O)[C@@H](OC(C)=O)[C@@H](C)CC[C@H]4O[C@@](CC[C@@H]2C)(C[C@@H](OC)[C@@H]4Cl)O3)O1)OC(C)=O. The van der Waals surface area contributed by atoms with Crippen LogP contribution in [0, 0.1) is 17.8 Å². The molecule has 6 saturated heterocycles. The van der Waals surface area contributed by atoms with Gasteiger partial charge < -0.3 is 71.1 Å². The zero-order valence-electron chi connectivity index (χ0n) is 51.9. The molecule has 6 fully saturated rings. The van der Waals surface area contributed by atoms with Crippen molar-refractivity contribution in [2.75, 3.05) is 21.3 Å². The molecule has 0 aromatic heterocycles. The number of hydrogen-bond donors (Lipinski definition) is 0. The Bertz CT molecular complexity index is 2420. The molecule has 86 heavy (non-hydrogen) atoms. The number of esters is 7. The highest BCUT2D eigenvalue weighted by atomic mass is 35.5. The summed E-state index contributed by atoms with van der Waals surface area (Å²) in [6, 6.07) is 0. The number of hydrogen-bond acceptors (Lipinski definition) is 22. The minimum Gasteiger partial charge on any atom is -0.466 e. The normalized spacial score (nSPS) is 39.3. The van der Waals surface area contributed by atoms with Gasteiger partial charge >= 0.3 is 41.8 Å². The van der Waals surface area contributed by atoms with Crippen LogP contribution < -0.4 is 0 Å². The molecule has 1 unspecified atom stereocenters. The van der Waals surface area contributed by atoms with Crippen LogP contribution in [0.15, 0.2) is 36.5 Å². The summed E-state index contributed by atoms with van der Waals surface area (Å²) in [5.41, 5.74) is 0. The van der Waals surface area contributed by atoms with E-state index in [9.17, 15) is 33.6 Å². The maximum atomic E-state index is 14.3. The Kier molecular flexibility index (Phi) is 25.1. The van der Waals surface area contributed by atoms with Crippen LogP contribution in [0.5, 0.6) is 0 Å². The topological polar surface area (TPSA) is 258 Å². The lowest BCUT2D eigenvalue weighted by Crippen LogP contribution is -2.61. The van der Waals surface area contributed by atoms with E-state index in [1.54, 1.807) is 13.2 Å². The number of rotatable bonds is 14. The van der Waals surface area contributed by atoms with Gasteiger partial charge in [-0.25, -0.2) is 4.79 Å². The van der Waals surface area contributed by atoms with Crippen LogP contribution in [0.3, 0.4) is 0 Å². The number of fused-ring (bicyclic) bond motifs is 6. The second kappa shape index (κ2) is 31.3. The summed E-state index contributed by atoms with van der Waals surface area (Å²) in [5.74, 6) is -8.90. The first-order chi connectivity index (χ1) is 40.9. The third kappa shape index (κ3) is 18.5. The molecular formula is C63H93ClO22. The van der Waals surface area contributed by atoms with Crippen molar-refractivity contribution >= 4 is 53.4 Å². The number of ether oxygens (including phenoxy) is 15. The fraction of sp³-hybridized carbons (Fsp3) is 0.794.